The molecule has 1 heterocycles. The fraction of sp³-hybridized carbons (Fsp3) is 0.467. The van der Waals surface area contributed by atoms with E-state index in [1.807, 2.05) is 0 Å². The summed E-state index contributed by atoms with van der Waals surface area (Å²) in [7, 11) is 0. The Hall–Kier alpha value is -1.84. The number of rotatable bonds is 2. The van der Waals surface area contributed by atoms with Crippen molar-refractivity contribution in [1.29, 1.82) is 0 Å². The van der Waals surface area contributed by atoms with Gasteiger partial charge in [0.1, 0.15) is 6.04 Å². The molecule has 0 saturated carbocycles. The number of nitrogens with one attached hydrogen (secondary N) is 1. The lowest BCUT2D eigenvalue weighted by molar-refractivity contribution is -0.144. The fourth-order valence-electron chi connectivity index (χ4n) is 2.95. The van der Waals surface area contributed by atoms with Gasteiger partial charge in [-0.05, 0) is 42.9 Å². The third-order valence-corrected chi connectivity index (χ3v) is 3.93. The first-order valence-corrected chi connectivity index (χ1v) is 6.82. The average molecular weight is 258 g/mol. The number of aryl methyl sites for hydroxylation is 2. The predicted molar refractivity (Wildman–Crippen MR) is 71.5 cm³/mol. The van der Waals surface area contributed by atoms with Gasteiger partial charge in [-0.1, -0.05) is 18.2 Å². The Morgan fingerprint density at radius 1 is 1.26 bits per heavy atom. The molecule has 1 aliphatic heterocycles. The minimum absolute atomic E-state index is 0.0000912. The van der Waals surface area contributed by atoms with Crippen molar-refractivity contribution in [3.63, 3.8) is 0 Å². The van der Waals surface area contributed by atoms with Crippen LogP contribution in [0.1, 0.15) is 30.0 Å². The van der Waals surface area contributed by atoms with Crippen LogP contribution in [0, 0.1) is 0 Å². The van der Waals surface area contributed by atoms with Gasteiger partial charge in [-0.15, -0.1) is 0 Å². The van der Waals surface area contributed by atoms with Crippen LogP contribution >= 0.6 is 0 Å². The van der Waals surface area contributed by atoms with Crippen molar-refractivity contribution < 1.29 is 9.59 Å². The molecule has 100 valence electrons. The molecule has 1 saturated heterocycles. The number of fused-ring (bicyclic) bond motifs is 1. The third kappa shape index (κ3) is 2.35. The number of hydrogen-bond donors (Lipinski definition) is 1. The lowest BCUT2D eigenvalue weighted by Crippen LogP contribution is -2.56. The maximum atomic E-state index is 12.0. The summed E-state index contributed by atoms with van der Waals surface area (Å²) in [4.78, 5) is 25.2. The molecule has 0 radical (unpaired) electrons. The van der Waals surface area contributed by atoms with Gasteiger partial charge >= 0.3 is 0 Å². The molecule has 19 heavy (non-hydrogen) atoms. The van der Waals surface area contributed by atoms with Crippen molar-refractivity contribution >= 4 is 11.8 Å². The van der Waals surface area contributed by atoms with Crippen molar-refractivity contribution in [2.24, 2.45) is 0 Å². The lowest BCUT2D eigenvalue weighted by Gasteiger charge is -2.30. The van der Waals surface area contributed by atoms with Crippen LogP contribution in [0.4, 0.5) is 0 Å². The highest BCUT2D eigenvalue weighted by Gasteiger charge is 2.29. The van der Waals surface area contributed by atoms with Gasteiger partial charge in [-0.2, -0.15) is 0 Å². The predicted octanol–water partition coefficient (Wildman–Crippen LogP) is 1.02. The van der Waals surface area contributed by atoms with Crippen LogP contribution in [0.3, 0.4) is 0 Å². The Kier molecular flexibility index (Phi) is 3.01. The Morgan fingerprint density at radius 3 is 2.89 bits per heavy atom. The molecule has 1 N–H and O–H groups in total. The molecule has 4 nitrogen and oxygen atoms in total. The van der Waals surface area contributed by atoms with Crippen molar-refractivity contribution in [3.8, 4) is 0 Å². The Labute approximate surface area is 112 Å². The molecule has 1 fully saturated rings. The topological polar surface area (TPSA) is 49.4 Å². The van der Waals surface area contributed by atoms with E-state index in [9.17, 15) is 9.59 Å². The van der Waals surface area contributed by atoms with E-state index in [4.69, 9.17) is 0 Å². The molecule has 3 rings (SSSR count). The van der Waals surface area contributed by atoms with Gasteiger partial charge in [-0.3, -0.25) is 9.59 Å². The molecule has 2 aliphatic rings. The van der Waals surface area contributed by atoms with Crippen LogP contribution in [0.25, 0.3) is 0 Å². The highest BCUT2D eigenvalue weighted by Crippen LogP contribution is 2.23. The number of nitrogens with zero attached hydrogens (tertiary/aromatic N) is 1. The van der Waals surface area contributed by atoms with Crippen LogP contribution in [0.5, 0.6) is 0 Å². The van der Waals surface area contributed by atoms with Gasteiger partial charge in [0, 0.05) is 6.54 Å². The third-order valence-electron chi connectivity index (χ3n) is 3.93. The number of carbonyl (C=O) groups is 2. The summed E-state index contributed by atoms with van der Waals surface area (Å²) in [5.74, 6) is -0.0756. The second-order valence-corrected chi connectivity index (χ2v) is 5.44. The summed E-state index contributed by atoms with van der Waals surface area (Å²) in [6.45, 7) is 2.43. The van der Waals surface area contributed by atoms with Crippen LogP contribution in [-0.4, -0.2) is 29.3 Å². The Morgan fingerprint density at radius 2 is 2.05 bits per heavy atom. The standard InChI is InChI=1S/C15H18N2O2/c1-10-15(19)17(9-14(18)16-10)8-11-5-6-12-3-2-4-13(12)7-11/h5-7,10H,2-4,8-9H2,1H3,(H,16,18). The molecule has 1 atom stereocenters. The van der Waals surface area contributed by atoms with Crippen molar-refractivity contribution in [2.75, 3.05) is 6.54 Å². The first-order chi connectivity index (χ1) is 9.13. The molecule has 1 aliphatic carbocycles. The zero-order valence-electron chi connectivity index (χ0n) is 11.1. The number of carbonyl (C=O) groups excluding carboxylic acids is 2. The van der Waals surface area contributed by atoms with Crippen molar-refractivity contribution in [3.05, 3.63) is 34.9 Å². The average Bonchev–Trinajstić information content (AvgIpc) is 2.82. The van der Waals surface area contributed by atoms with Crippen LogP contribution < -0.4 is 5.32 Å². The summed E-state index contributed by atoms with van der Waals surface area (Å²) in [5, 5.41) is 2.66. The molecular formula is C15H18N2O2. The second-order valence-electron chi connectivity index (χ2n) is 5.44. The van der Waals surface area contributed by atoms with Crippen LogP contribution in [-0.2, 0) is 29.0 Å². The van der Waals surface area contributed by atoms with E-state index in [-0.39, 0.29) is 18.4 Å². The van der Waals surface area contributed by atoms with Gasteiger partial charge in [0.15, 0.2) is 0 Å². The highest BCUT2D eigenvalue weighted by molar-refractivity contribution is 5.94. The maximum absolute atomic E-state index is 12.0. The van der Waals surface area contributed by atoms with Gasteiger partial charge in [-0.25, -0.2) is 0 Å². The van der Waals surface area contributed by atoms with Crippen molar-refractivity contribution in [1.82, 2.24) is 10.2 Å². The SMILES string of the molecule is CC1NC(=O)CN(Cc2ccc3c(c2)CCC3)C1=O. The smallest absolute Gasteiger partial charge is 0.245 e. The van der Waals surface area contributed by atoms with Gasteiger partial charge in [0.05, 0.1) is 6.54 Å². The summed E-state index contributed by atoms with van der Waals surface area (Å²) in [5.41, 5.74) is 3.95. The molecule has 0 spiro atoms. The van der Waals surface area contributed by atoms with E-state index < -0.39 is 6.04 Å². The van der Waals surface area contributed by atoms with E-state index in [2.05, 4.69) is 23.5 Å². The number of piperazine rings is 1. The second kappa shape index (κ2) is 4.68. The molecular weight excluding hydrogens is 240 g/mol. The lowest BCUT2D eigenvalue weighted by atomic mass is 10.1. The Balaban J connectivity index is 1.77. The zero-order valence-corrected chi connectivity index (χ0v) is 11.1. The Bertz CT molecular complexity index is 539. The van der Waals surface area contributed by atoms with E-state index in [1.54, 1.807) is 11.8 Å². The molecule has 4 heteroatoms. The van der Waals surface area contributed by atoms with Crippen LogP contribution in [0.15, 0.2) is 18.2 Å². The zero-order chi connectivity index (χ0) is 13.4. The van der Waals surface area contributed by atoms with Gasteiger partial charge in [0.25, 0.3) is 0 Å². The van der Waals surface area contributed by atoms with Gasteiger partial charge in [0.2, 0.25) is 11.8 Å². The first-order valence-electron chi connectivity index (χ1n) is 6.82. The van der Waals surface area contributed by atoms with Crippen molar-refractivity contribution in [2.45, 2.75) is 38.8 Å². The molecule has 0 bridgehead atoms. The molecule has 1 aromatic carbocycles. The highest BCUT2D eigenvalue weighted by atomic mass is 16.2. The van der Waals surface area contributed by atoms with E-state index in [0.717, 1.165) is 18.4 Å². The van der Waals surface area contributed by atoms with E-state index in [0.29, 0.717) is 6.54 Å². The summed E-state index contributed by atoms with van der Waals surface area (Å²) >= 11 is 0. The quantitative estimate of drug-likeness (QED) is 0.861. The molecule has 1 aromatic rings. The monoisotopic (exact) mass is 258 g/mol. The number of amides is 2. The van der Waals surface area contributed by atoms with E-state index in [1.165, 1.54) is 17.5 Å². The number of hydrogen-bond acceptors (Lipinski definition) is 2. The minimum atomic E-state index is -0.407. The molecule has 0 aromatic heterocycles. The molecule has 1 unspecified atom stereocenters. The largest absolute Gasteiger partial charge is 0.343 e. The summed E-state index contributed by atoms with van der Waals surface area (Å²) in [6.07, 6.45) is 3.52. The summed E-state index contributed by atoms with van der Waals surface area (Å²) < 4.78 is 0. The summed E-state index contributed by atoms with van der Waals surface area (Å²) in [6, 6.07) is 6.02. The molecule has 2 amide bonds. The minimum Gasteiger partial charge on any atom is -0.343 e. The number of benzene rings is 1. The fourth-order valence-corrected chi connectivity index (χ4v) is 2.95. The van der Waals surface area contributed by atoms with Gasteiger partial charge < -0.3 is 10.2 Å². The maximum Gasteiger partial charge on any atom is 0.245 e. The van der Waals surface area contributed by atoms with Crippen LogP contribution in [0.2, 0.25) is 0 Å². The normalized spacial score (nSPS) is 22.4. The first kappa shape index (κ1) is 12.2. The van der Waals surface area contributed by atoms with E-state index >= 15 is 0 Å².